The molecule has 0 spiro atoms. The molecule has 0 saturated carbocycles. The van der Waals surface area contributed by atoms with Crippen LogP contribution in [-0.2, 0) is 17.6 Å². The summed E-state index contributed by atoms with van der Waals surface area (Å²) in [6.07, 6.45) is 1.77. The van der Waals surface area contributed by atoms with Crippen molar-refractivity contribution in [2.24, 2.45) is 0 Å². The Morgan fingerprint density at radius 1 is 1.19 bits per heavy atom. The van der Waals surface area contributed by atoms with Crippen molar-refractivity contribution in [3.05, 3.63) is 71.4 Å². The Kier molecular flexibility index (Phi) is 5.43. The van der Waals surface area contributed by atoms with E-state index in [0.717, 1.165) is 0 Å². The summed E-state index contributed by atoms with van der Waals surface area (Å²) in [6.45, 7) is 2.96. The normalized spacial score (nSPS) is 20.1. The van der Waals surface area contributed by atoms with Crippen molar-refractivity contribution in [2.45, 2.75) is 44.1 Å². The number of β-amino-alcohol motifs (C(OH)–C–C–N with tert-alkyl or cyclic N) is 1. The number of likely N-dealkylation sites (tertiary alicyclic amines) is 1. The van der Waals surface area contributed by atoms with Crippen molar-refractivity contribution in [2.75, 3.05) is 19.7 Å². The lowest BCUT2D eigenvalue weighted by Gasteiger charge is -2.38. The van der Waals surface area contributed by atoms with Crippen LogP contribution in [0.4, 0.5) is 4.79 Å². The van der Waals surface area contributed by atoms with E-state index in [4.69, 9.17) is 9.26 Å². The topological polar surface area (TPSA) is 88.7 Å². The van der Waals surface area contributed by atoms with Gasteiger partial charge in [0.1, 0.15) is 6.61 Å². The number of hydrogen-bond donors (Lipinski definition) is 1. The molecule has 2 aromatic carbocycles. The van der Waals surface area contributed by atoms with E-state index in [1.165, 1.54) is 22.3 Å². The number of ether oxygens (including phenoxy) is 1. The number of benzene rings is 2. The molecule has 2 aliphatic rings. The van der Waals surface area contributed by atoms with Crippen LogP contribution in [0.1, 0.15) is 48.5 Å². The van der Waals surface area contributed by atoms with Gasteiger partial charge in [0.2, 0.25) is 5.89 Å². The van der Waals surface area contributed by atoms with Crippen molar-refractivity contribution in [3.8, 4) is 11.1 Å². The molecule has 1 amide bonds. The number of fused-ring (bicyclic) bond motifs is 3. The maximum atomic E-state index is 12.9. The van der Waals surface area contributed by atoms with Gasteiger partial charge in [-0.1, -0.05) is 60.6 Å². The summed E-state index contributed by atoms with van der Waals surface area (Å²) in [5.41, 5.74) is 3.66. The van der Waals surface area contributed by atoms with E-state index in [2.05, 4.69) is 34.4 Å². The fourth-order valence-corrected chi connectivity index (χ4v) is 4.88. The van der Waals surface area contributed by atoms with Crippen molar-refractivity contribution in [1.29, 1.82) is 0 Å². The lowest BCUT2D eigenvalue weighted by atomic mass is 9.90. The Balaban J connectivity index is 1.25. The van der Waals surface area contributed by atoms with Crippen LogP contribution in [0, 0.1) is 0 Å². The summed E-state index contributed by atoms with van der Waals surface area (Å²) in [7, 11) is 0. The summed E-state index contributed by atoms with van der Waals surface area (Å²) in [4.78, 5) is 18.8. The van der Waals surface area contributed by atoms with Crippen LogP contribution in [0.25, 0.3) is 11.1 Å². The largest absolute Gasteiger partial charge is 0.448 e. The van der Waals surface area contributed by atoms with E-state index in [1.807, 2.05) is 31.2 Å². The Hall–Kier alpha value is -3.19. The molecule has 5 rings (SSSR count). The van der Waals surface area contributed by atoms with Gasteiger partial charge in [-0.2, -0.15) is 4.98 Å². The highest BCUT2D eigenvalue weighted by atomic mass is 16.6. The average molecular weight is 434 g/mol. The monoisotopic (exact) mass is 433 g/mol. The molecule has 1 unspecified atom stereocenters. The van der Waals surface area contributed by atoms with Gasteiger partial charge in [0.05, 0.1) is 18.6 Å². The first-order chi connectivity index (χ1) is 15.6. The summed E-state index contributed by atoms with van der Waals surface area (Å²) >= 11 is 0. The number of aliphatic hydroxyl groups is 1. The Morgan fingerprint density at radius 2 is 1.88 bits per heavy atom. The third-order valence-electron chi connectivity index (χ3n) is 6.46. The lowest BCUT2D eigenvalue weighted by Crippen LogP contribution is -2.51. The first-order valence-electron chi connectivity index (χ1n) is 11.2. The van der Waals surface area contributed by atoms with Crippen molar-refractivity contribution < 1.29 is 19.2 Å². The van der Waals surface area contributed by atoms with Crippen LogP contribution in [0.3, 0.4) is 0 Å². The van der Waals surface area contributed by atoms with E-state index < -0.39 is 11.7 Å². The molecule has 166 valence electrons. The fraction of sp³-hybridized carbons (Fsp3) is 0.400. The van der Waals surface area contributed by atoms with Gasteiger partial charge in [-0.3, -0.25) is 0 Å². The van der Waals surface area contributed by atoms with Crippen LogP contribution in [0.5, 0.6) is 0 Å². The molecule has 7 nitrogen and oxygen atoms in total. The first kappa shape index (κ1) is 20.7. The Labute approximate surface area is 187 Å². The van der Waals surface area contributed by atoms with Crippen LogP contribution < -0.4 is 0 Å². The molecular formula is C25H27N3O4. The van der Waals surface area contributed by atoms with Gasteiger partial charge in [-0.25, -0.2) is 4.79 Å². The highest BCUT2D eigenvalue weighted by Gasteiger charge is 2.38. The molecular weight excluding hydrogens is 406 g/mol. The molecule has 1 N–H and O–H groups in total. The van der Waals surface area contributed by atoms with E-state index in [1.54, 1.807) is 4.90 Å². The SMILES string of the molecule is CCc1noc(CC2(O)CCCN(C(=O)OCC3c4ccccc4-c4ccccc43)C2)n1. The van der Waals surface area contributed by atoms with Crippen molar-refractivity contribution >= 4 is 6.09 Å². The molecule has 1 atom stereocenters. The minimum Gasteiger partial charge on any atom is -0.448 e. The van der Waals surface area contributed by atoms with Gasteiger partial charge in [-0.15, -0.1) is 0 Å². The smallest absolute Gasteiger partial charge is 0.409 e. The summed E-state index contributed by atoms with van der Waals surface area (Å²) in [5.74, 6) is 1.03. The Morgan fingerprint density at radius 3 is 2.53 bits per heavy atom. The molecule has 32 heavy (non-hydrogen) atoms. The molecule has 2 heterocycles. The standard InChI is InChI=1S/C25H27N3O4/c1-2-22-26-23(32-27-22)14-25(30)12-7-13-28(16-25)24(29)31-15-21-19-10-5-3-8-17(19)18-9-4-6-11-20(18)21/h3-6,8-11,21,30H,2,7,12-16H2,1H3. The maximum absolute atomic E-state index is 12.9. The second-order valence-electron chi connectivity index (χ2n) is 8.69. The van der Waals surface area contributed by atoms with Crippen molar-refractivity contribution in [3.63, 3.8) is 0 Å². The van der Waals surface area contributed by atoms with Crippen molar-refractivity contribution in [1.82, 2.24) is 15.0 Å². The maximum Gasteiger partial charge on any atom is 0.409 e. The predicted molar refractivity (Wildman–Crippen MR) is 118 cm³/mol. The summed E-state index contributed by atoms with van der Waals surface area (Å²) in [5, 5.41) is 15.0. The van der Waals surface area contributed by atoms with Crippen LogP contribution in [0.2, 0.25) is 0 Å². The van der Waals surface area contributed by atoms with E-state index >= 15 is 0 Å². The number of aromatic nitrogens is 2. The second-order valence-corrected chi connectivity index (χ2v) is 8.69. The number of carbonyl (C=O) groups excluding carboxylic acids is 1. The van der Waals surface area contributed by atoms with E-state index in [0.29, 0.717) is 37.5 Å². The van der Waals surface area contributed by atoms with E-state index in [-0.39, 0.29) is 25.5 Å². The molecule has 3 aromatic rings. The Bertz CT molecular complexity index is 1080. The zero-order valence-corrected chi connectivity index (χ0v) is 18.2. The molecule has 0 radical (unpaired) electrons. The number of piperidine rings is 1. The molecule has 0 bridgehead atoms. The fourth-order valence-electron chi connectivity index (χ4n) is 4.88. The number of nitrogens with zero attached hydrogens (tertiary/aromatic N) is 3. The van der Waals surface area contributed by atoms with Gasteiger partial charge < -0.3 is 19.3 Å². The predicted octanol–water partition coefficient (Wildman–Crippen LogP) is 3.95. The highest BCUT2D eigenvalue weighted by Crippen LogP contribution is 2.44. The number of aryl methyl sites for hydroxylation is 1. The molecule has 1 fully saturated rings. The second kappa shape index (κ2) is 8.39. The summed E-state index contributed by atoms with van der Waals surface area (Å²) < 4.78 is 11.0. The molecule has 7 heteroatoms. The molecule has 1 aliphatic heterocycles. The molecule has 1 aromatic heterocycles. The third kappa shape index (κ3) is 3.88. The van der Waals surface area contributed by atoms with Crippen LogP contribution in [-0.4, -0.2) is 51.5 Å². The molecule has 1 aliphatic carbocycles. The number of carbonyl (C=O) groups is 1. The quantitative estimate of drug-likeness (QED) is 0.655. The minimum absolute atomic E-state index is 0.0147. The van der Waals surface area contributed by atoms with Crippen LogP contribution >= 0.6 is 0 Å². The highest BCUT2D eigenvalue weighted by molar-refractivity contribution is 5.79. The zero-order valence-electron chi connectivity index (χ0n) is 18.2. The first-order valence-corrected chi connectivity index (χ1v) is 11.2. The lowest BCUT2D eigenvalue weighted by molar-refractivity contribution is -0.0337. The minimum atomic E-state index is -1.10. The van der Waals surface area contributed by atoms with Gasteiger partial charge in [0, 0.05) is 18.9 Å². The zero-order chi connectivity index (χ0) is 22.1. The van der Waals surface area contributed by atoms with Gasteiger partial charge in [-0.05, 0) is 35.1 Å². The number of rotatable bonds is 5. The number of amides is 1. The third-order valence-corrected chi connectivity index (χ3v) is 6.46. The van der Waals surface area contributed by atoms with E-state index in [9.17, 15) is 9.90 Å². The average Bonchev–Trinajstić information content (AvgIpc) is 3.39. The van der Waals surface area contributed by atoms with Gasteiger partial charge in [0.25, 0.3) is 0 Å². The number of hydrogen-bond acceptors (Lipinski definition) is 6. The van der Waals surface area contributed by atoms with Crippen LogP contribution in [0.15, 0.2) is 53.1 Å². The summed E-state index contributed by atoms with van der Waals surface area (Å²) in [6, 6.07) is 16.5. The van der Waals surface area contributed by atoms with Gasteiger partial charge >= 0.3 is 6.09 Å². The molecule has 1 saturated heterocycles. The van der Waals surface area contributed by atoms with Gasteiger partial charge in [0.15, 0.2) is 5.82 Å².